The fourth-order valence-electron chi connectivity index (χ4n) is 2.41. The van der Waals surface area contributed by atoms with Crippen LogP contribution in [0.5, 0.6) is 5.75 Å². The van der Waals surface area contributed by atoms with Gasteiger partial charge in [-0.15, -0.1) is 0 Å². The SMILES string of the molecule is COc1c(C(=O)O)ccc2[nH]nc(C=Cc3ccc(F)cc3F)c12. The largest absolute Gasteiger partial charge is 0.495 e. The van der Waals surface area contributed by atoms with E-state index in [4.69, 9.17) is 4.74 Å². The third-order valence-electron chi connectivity index (χ3n) is 3.53. The Morgan fingerprint density at radius 3 is 2.71 bits per heavy atom. The van der Waals surface area contributed by atoms with Gasteiger partial charge in [0.15, 0.2) is 0 Å². The van der Waals surface area contributed by atoms with Crippen LogP contribution in [0.25, 0.3) is 23.1 Å². The Balaban J connectivity index is 2.11. The van der Waals surface area contributed by atoms with Crippen LogP contribution in [-0.4, -0.2) is 28.4 Å². The van der Waals surface area contributed by atoms with Gasteiger partial charge in [-0.1, -0.05) is 0 Å². The zero-order valence-corrected chi connectivity index (χ0v) is 12.5. The summed E-state index contributed by atoms with van der Waals surface area (Å²) in [6.07, 6.45) is 2.93. The number of hydrogen-bond acceptors (Lipinski definition) is 3. The highest BCUT2D eigenvalue weighted by molar-refractivity contribution is 6.02. The molecule has 0 unspecified atom stereocenters. The van der Waals surface area contributed by atoms with Gasteiger partial charge >= 0.3 is 5.97 Å². The first-order valence-electron chi connectivity index (χ1n) is 6.92. The second-order valence-corrected chi connectivity index (χ2v) is 4.98. The van der Waals surface area contributed by atoms with Gasteiger partial charge in [-0.3, -0.25) is 5.10 Å². The number of aromatic nitrogens is 2. The van der Waals surface area contributed by atoms with Crippen LogP contribution >= 0.6 is 0 Å². The standard InChI is InChI=1S/C17H12F2N2O3/c1-24-16-11(17(22)23)5-7-14-15(16)13(20-21-14)6-3-9-2-4-10(18)8-12(9)19/h2-8H,1H3,(H,20,21)(H,22,23). The molecule has 0 aliphatic carbocycles. The first-order valence-corrected chi connectivity index (χ1v) is 6.92. The number of halogens is 2. The molecule has 0 aliphatic rings. The first kappa shape index (κ1) is 15.7. The van der Waals surface area contributed by atoms with Gasteiger partial charge in [0.2, 0.25) is 0 Å². The minimum absolute atomic E-state index is 0.00554. The molecule has 3 aromatic rings. The molecule has 2 aromatic carbocycles. The second-order valence-electron chi connectivity index (χ2n) is 4.98. The summed E-state index contributed by atoms with van der Waals surface area (Å²) >= 11 is 0. The molecule has 0 spiro atoms. The number of nitrogens with zero attached hydrogens (tertiary/aromatic N) is 1. The molecule has 0 fully saturated rings. The highest BCUT2D eigenvalue weighted by Gasteiger charge is 2.18. The Hall–Kier alpha value is -3.22. The van der Waals surface area contributed by atoms with Crippen molar-refractivity contribution in [1.29, 1.82) is 0 Å². The van der Waals surface area contributed by atoms with E-state index < -0.39 is 17.6 Å². The Bertz CT molecular complexity index is 964. The molecular formula is C17H12F2N2O3. The van der Waals surface area contributed by atoms with Gasteiger partial charge in [-0.05, 0) is 36.4 Å². The molecule has 0 aliphatic heterocycles. The van der Waals surface area contributed by atoms with Crippen LogP contribution in [0, 0.1) is 11.6 Å². The second kappa shape index (κ2) is 6.11. The van der Waals surface area contributed by atoms with E-state index in [-0.39, 0.29) is 16.9 Å². The quantitative estimate of drug-likeness (QED) is 0.764. The summed E-state index contributed by atoms with van der Waals surface area (Å²) in [5, 5.41) is 16.6. The number of ether oxygens (including phenoxy) is 1. The van der Waals surface area contributed by atoms with Crippen molar-refractivity contribution in [3.63, 3.8) is 0 Å². The van der Waals surface area contributed by atoms with E-state index in [0.29, 0.717) is 16.6 Å². The predicted octanol–water partition coefficient (Wildman–Crippen LogP) is 3.72. The predicted molar refractivity (Wildman–Crippen MR) is 84.9 cm³/mol. The first-order chi connectivity index (χ1) is 11.5. The summed E-state index contributed by atoms with van der Waals surface area (Å²) in [5.41, 5.74) is 1.14. The molecular weight excluding hydrogens is 318 g/mol. The third-order valence-corrected chi connectivity index (χ3v) is 3.53. The number of H-pyrrole nitrogens is 1. The minimum atomic E-state index is -1.13. The fraction of sp³-hybridized carbons (Fsp3) is 0.0588. The van der Waals surface area contributed by atoms with Gasteiger partial charge in [0.25, 0.3) is 0 Å². The lowest BCUT2D eigenvalue weighted by Crippen LogP contribution is -2.00. The van der Waals surface area contributed by atoms with Gasteiger partial charge in [0, 0.05) is 11.6 Å². The Labute approximate surface area is 135 Å². The Kier molecular flexibility index (Phi) is 3.99. The number of carbonyl (C=O) groups is 1. The summed E-state index contributed by atoms with van der Waals surface area (Å²) < 4.78 is 31.8. The molecule has 24 heavy (non-hydrogen) atoms. The van der Waals surface area contributed by atoms with Crippen LogP contribution in [0.15, 0.2) is 30.3 Å². The van der Waals surface area contributed by atoms with Crippen molar-refractivity contribution in [2.24, 2.45) is 0 Å². The molecule has 2 N–H and O–H groups in total. The van der Waals surface area contributed by atoms with Crippen molar-refractivity contribution in [3.05, 3.63) is 58.8 Å². The van der Waals surface area contributed by atoms with Crippen LogP contribution in [0.4, 0.5) is 8.78 Å². The van der Waals surface area contributed by atoms with Crippen LogP contribution in [0.1, 0.15) is 21.6 Å². The third kappa shape index (κ3) is 2.71. The summed E-state index contributed by atoms with van der Waals surface area (Å²) in [6.45, 7) is 0. The molecule has 0 saturated carbocycles. The number of carboxylic acids is 1. The number of hydrogen-bond donors (Lipinski definition) is 2. The molecule has 0 radical (unpaired) electrons. The summed E-state index contributed by atoms with van der Waals surface area (Å²) in [6, 6.07) is 6.22. The van der Waals surface area contributed by atoms with Crippen molar-refractivity contribution < 1.29 is 23.4 Å². The Morgan fingerprint density at radius 2 is 2.04 bits per heavy atom. The monoisotopic (exact) mass is 330 g/mol. The van der Waals surface area contributed by atoms with Gasteiger partial charge in [0.05, 0.1) is 23.7 Å². The van der Waals surface area contributed by atoms with E-state index in [1.807, 2.05) is 0 Å². The summed E-state index contributed by atoms with van der Waals surface area (Å²) in [7, 11) is 1.36. The fourth-order valence-corrected chi connectivity index (χ4v) is 2.41. The topological polar surface area (TPSA) is 75.2 Å². The smallest absolute Gasteiger partial charge is 0.339 e. The number of benzene rings is 2. The molecule has 0 saturated heterocycles. The maximum atomic E-state index is 13.7. The van der Waals surface area contributed by atoms with Crippen LogP contribution in [0.2, 0.25) is 0 Å². The number of carboxylic acid groups (broad SMARTS) is 1. The number of aromatic carboxylic acids is 1. The number of nitrogens with one attached hydrogen (secondary N) is 1. The average Bonchev–Trinajstić information content (AvgIpc) is 2.96. The lowest BCUT2D eigenvalue weighted by atomic mass is 10.1. The molecule has 3 rings (SSSR count). The normalized spacial score (nSPS) is 11.3. The number of rotatable bonds is 4. The van der Waals surface area contributed by atoms with Gasteiger partial charge in [-0.2, -0.15) is 5.10 Å². The van der Waals surface area contributed by atoms with E-state index in [9.17, 15) is 18.7 Å². The van der Waals surface area contributed by atoms with Gasteiger partial charge in [0.1, 0.15) is 22.9 Å². The van der Waals surface area contributed by atoms with E-state index >= 15 is 0 Å². The summed E-state index contributed by atoms with van der Waals surface area (Å²) in [5.74, 6) is -2.34. The number of methoxy groups -OCH3 is 1. The molecule has 122 valence electrons. The van der Waals surface area contributed by atoms with E-state index in [2.05, 4.69) is 10.2 Å². The number of fused-ring (bicyclic) bond motifs is 1. The molecule has 1 aromatic heterocycles. The van der Waals surface area contributed by atoms with E-state index in [1.165, 1.54) is 31.4 Å². The molecule has 0 bridgehead atoms. The maximum Gasteiger partial charge on any atom is 0.339 e. The maximum absolute atomic E-state index is 13.7. The van der Waals surface area contributed by atoms with Crippen LogP contribution < -0.4 is 4.74 Å². The van der Waals surface area contributed by atoms with Gasteiger partial charge in [-0.25, -0.2) is 13.6 Å². The molecule has 0 atom stereocenters. The zero-order valence-electron chi connectivity index (χ0n) is 12.5. The van der Waals surface area contributed by atoms with E-state index in [0.717, 1.165) is 12.1 Å². The highest BCUT2D eigenvalue weighted by Crippen LogP contribution is 2.32. The van der Waals surface area contributed by atoms with Crippen molar-refractivity contribution in [2.45, 2.75) is 0 Å². The van der Waals surface area contributed by atoms with E-state index in [1.54, 1.807) is 6.07 Å². The summed E-state index contributed by atoms with van der Waals surface area (Å²) in [4.78, 5) is 11.3. The molecule has 0 amide bonds. The van der Waals surface area contributed by atoms with Crippen molar-refractivity contribution in [1.82, 2.24) is 10.2 Å². The molecule has 7 heteroatoms. The molecule has 1 heterocycles. The lowest BCUT2D eigenvalue weighted by Gasteiger charge is -2.06. The Morgan fingerprint density at radius 1 is 1.25 bits per heavy atom. The molecule has 5 nitrogen and oxygen atoms in total. The lowest BCUT2D eigenvalue weighted by molar-refractivity contribution is 0.0693. The zero-order chi connectivity index (χ0) is 17.3. The average molecular weight is 330 g/mol. The van der Waals surface area contributed by atoms with Crippen LogP contribution in [0.3, 0.4) is 0 Å². The van der Waals surface area contributed by atoms with Crippen molar-refractivity contribution in [3.8, 4) is 5.75 Å². The number of aromatic amines is 1. The van der Waals surface area contributed by atoms with Crippen LogP contribution in [-0.2, 0) is 0 Å². The highest BCUT2D eigenvalue weighted by atomic mass is 19.1. The van der Waals surface area contributed by atoms with Crippen molar-refractivity contribution in [2.75, 3.05) is 7.11 Å². The van der Waals surface area contributed by atoms with Gasteiger partial charge < -0.3 is 9.84 Å². The van der Waals surface area contributed by atoms with Crippen molar-refractivity contribution >= 4 is 29.0 Å². The minimum Gasteiger partial charge on any atom is -0.495 e.